The molecule has 41 heavy (non-hydrogen) atoms. The van der Waals surface area contributed by atoms with Crippen molar-refractivity contribution in [3.63, 3.8) is 0 Å². The summed E-state index contributed by atoms with van der Waals surface area (Å²) in [6, 6.07) is 11.7. The molecule has 4 amide bonds. The van der Waals surface area contributed by atoms with Crippen molar-refractivity contribution in [1.29, 1.82) is 0 Å². The second-order valence-electron chi connectivity index (χ2n) is 9.72. The van der Waals surface area contributed by atoms with Crippen molar-refractivity contribution in [1.82, 2.24) is 30.8 Å². The molecule has 3 heterocycles. The Kier molecular flexibility index (Phi) is 8.98. The summed E-state index contributed by atoms with van der Waals surface area (Å²) in [6.07, 6.45) is 11.9. The SMILES string of the molecule is CN[C@@H](CCC1N=CC2=CN(C(=O)NCc3cccc(F)c3Cl)C=CN21)CONC(=O)N1C=Cc2ccccc2C1. The van der Waals surface area contributed by atoms with Gasteiger partial charge in [0.1, 0.15) is 12.0 Å². The van der Waals surface area contributed by atoms with Gasteiger partial charge in [0, 0.05) is 43.6 Å². The highest BCUT2D eigenvalue weighted by Crippen LogP contribution is 2.25. The van der Waals surface area contributed by atoms with Crippen LogP contribution in [0.3, 0.4) is 0 Å². The molecule has 2 atom stereocenters. The summed E-state index contributed by atoms with van der Waals surface area (Å²) in [5, 5.41) is 5.96. The number of carbonyl (C=O) groups is 2. The third-order valence-electron chi connectivity index (χ3n) is 7.07. The van der Waals surface area contributed by atoms with Crippen molar-refractivity contribution in [2.24, 2.45) is 4.99 Å². The largest absolute Gasteiger partial charge is 0.345 e. The highest BCUT2D eigenvalue weighted by Gasteiger charge is 2.27. The van der Waals surface area contributed by atoms with Crippen LogP contribution in [0.15, 0.2) is 78.0 Å². The molecule has 2 aromatic carbocycles. The Hall–Kier alpha value is -4.19. The van der Waals surface area contributed by atoms with Crippen molar-refractivity contribution >= 4 is 36.0 Å². The van der Waals surface area contributed by atoms with E-state index in [1.807, 2.05) is 42.3 Å². The van der Waals surface area contributed by atoms with Crippen LogP contribution in [0.25, 0.3) is 6.08 Å². The molecular weight excluding hydrogens is 549 g/mol. The minimum Gasteiger partial charge on any atom is -0.333 e. The Morgan fingerprint density at radius 3 is 2.85 bits per heavy atom. The number of hydroxylamine groups is 1. The Bertz CT molecular complexity index is 1410. The second-order valence-corrected chi connectivity index (χ2v) is 10.1. The molecule has 0 saturated carbocycles. The van der Waals surface area contributed by atoms with Crippen LogP contribution in [-0.4, -0.2) is 58.8 Å². The maximum atomic E-state index is 13.7. The lowest BCUT2D eigenvalue weighted by Gasteiger charge is -2.29. The topological polar surface area (TPSA) is 102 Å². The van der Waals surface area contributed by atoms with Crippen molar-refractivity contribution < 1.29 is 18.8 Å². The number of carbonyl (C=O) groups excluding carboxylic acids is 2. The minimum absolute atomic E-state index is 0.00440. The number of aliphatic imine (C=N–C) groups is 1. The molecule has 0 aliphatic carbocycles. The molecular formula is C29H31ClFN7O3. The van der Waals surface area contributed by atoms with Gasteiger partial charge >= 0.3 is 12.1 Å². The maximum absolute atomic E-state index is 13.7. The molecule has 214 valence electrons. The number of hydrogen-bond acceptors (Lipinski definition) is 6. The van der Waals surface area contributed by atoms with Gasteiger partial charge < -0.3 is 15.5 Å². The van der Waals surface area contributed by atoms with E-state index >= 15 is 0 Å². The van der Waals surface area contributed by atoms with Gasteiger partial charge in [-0.15, -0.1) is 0 Å². The first-order valence-electron chi connectivity index (χ1n) is 13.3. The molecule has 5 rings (SSSR count). The van der Waals surface area contributed by atoms with Gasteiger partial charge in [0.2, 0.25) is 0 Å². The average molecular weight is 580 g/mol. The average Bonchev–Trinajstić information content (AvgIpc) is 3.41. The Morgan fingerprint density at radius 2 is 2.00 bits per heavy atom. The zero-order valence-corrected chi connectivity index (χ0v) is 23.2. The summed E-state index contributed by atoms with van der Waals surface area (Å²) in [7, 11) is 1.84. The predicted molar refractivity (Wildman–Crippen MR) is 154 cm³/mol. The van der Waals surface area contributed by atoms with E-state index in [0.29, 0.717) is 12.1 Å². The fraction of sp³-hybridized carbons (Fsp3) is 0.276. The standard InChI is InChI=1S/C29H31ClFN7O3/c1-32-23(19-41-35-29(40)36-12-11-20-5-2-3-6-22(20)17-36)9-10-26-33-16-24-18-37(13-14-38(24)26)28(39)34-15-21-7-4-8-25(31)27(21)30/h2-8,11-14,16,18,23,26,32H,9-10,15,17,19H2,1H3,(H,34,39)(H,35,40)/t23-,26?/m0/s1. The van der Waals surface area contributed by atoms with E-state index in [1.54, 1.807) is 48.0 Å². The van der Waals surface area contributed by atoms with Crippen LogP contribution in [0.2, 0.25) is 5.02 Å². The van der Waals surface area contributed by atoms with Crippen LogP contribution in [0.1, 0.15) is 29.5 Å². The number of allylic oxidation sites excluding steroid dienone is 1. The van der Waals surface area contributed by atoms with Crippen LogP contribution in [0, 0.1) is 5.82 Å². The summed E-state index contributed by atoms with van der Waals surface area (Å²) in [4.78, 5) is 40.3. The van der Waals surface area contributed by atoms with Gasteiger partial charge in [-0.25, -0.2) is 19.5 Å². The number of amides is 4. The van der Waals surface area contributed by atoms with E-state index < -0.39 is 5.82 Å². The molecule has 0 fully saturated rings. The van der Waals surface area contributed by atoms with Crippen LogP contribution in [-0.2, 0) is 17.9 Å². The third-order valence-corrected chi connectivity index (χ3v) is 7.49. The van der Waals surface area contributed by atoms with Gasteiger partial charge in [-0.05, 0) is 48.7 Å². The van der Waals surface area contributed by atoms with Crippen LogP contribution in [0.4, 0.5) is 14.0 Å². The fourth-order valence-corrected chi connectivity index (χ4v) is 4.88. The summed E-state index contributed by atoms with van der Waals surface area (Å²) in [6.45, 7) is 0.866. The van der Waals surface area contributed by atoms with Crippen molar-refractivity contribution in [2.75, 3.05) is 13.7 Å². The van der Waals surface area contributed by atoms with Gasteiger partial charge in [0.15, 0.2) is 0 Å². The zero-order chi connectivity index (χ0) is 28.8. The smallest absolute Gasteiger partial charge is 0.333 e. The molecule has 0 bridgehead atoms. The van der Waals surface area contributed by atoms with Crippen molar-refractivity contribution in [3.8, 4) is 0 Å². The summed E-state index contributed by atoms with van der Waals surface area (Å²) < 4.78 is 13.7. The molecule has 12 heteroatoms. The Labute approximate surface area is 242 Å². The van der Waals surface area contributed by atoms with E-state index in [1.165, 1.54) is 11.0 Å². The number of nitrogens with one attached hydrogen (secondary N) is 3. The van der Waals surface area contributed by atoms with E-state index in [2.05, 4.69) is 21.1 Å². The van der Waals surface area contributed by atoms with Crippen LogP contribution in [0.5, 0.6) is 0 Å². The summed E-state index contributed by atoms with van der Waals surface area (Å²) >= 11 is 5.98. The molecule has 2 aromatic rings. The molecule has 1 unspecified atom stereocenters. The van der Waals surface area contributed by atoms with Gasteiger partial charge in [0.25, 0.3) is 0 Å². The van der Waals surface area contributed by atoms with Gasteiger partial charge in [-0.3, -0.25) is 19.6 Å². The number of likely N-dealkylation sites (N-methyl/N-ethyl adjacent to an activating group) is 1. The normalized spacial score (nSPS) is 17.7. The molecule has 10 nitrogen and oxygen atoms in total. The predicted octanol–water partition coefficient (Wildman–Crippen LogP) is 4.53. The fourth-order valence-electron chi connectivity index (χ4n) is 4.69. The number of benzene rings is 2. The number of rotatable bonds is 9. The number of nitrogens with zero attached hydrogens (tertiary/aromatic N) is 4. The molecule has 3 N–H and O–H groups in total. The maximum Gasteiger partial charge on any atom is 0.345 e. The quantitative estimate of drug-likeness (QED) is 0.379. The van der Waals surface area contributed by atoms with Crippen LogP contribution >= 0.6 is 11.6 Å². The number of hydrogen-bond donors (Lipinski definition) is 3. The van der Waals surface area contributed by atoms with E-state index in [4.69, 9.17) is 16.4 Å². The molecule has 0 saturated heterocycles. The first-order valence-corrected chi connectivity index (χ1v) is 13.6. The lowest BCUT2D eigenvalue weighted by Crippen LogP contribution is -2.41. The molecule has 3 aliphatic rings. The van der Waals surface area contributed by atoms with E-state index in [-0.39, 0.29) is 42.4 Å². The Morgan fingerprint density at radius 1 is 1.15 bits per heavy atom. The molecule has 0 spiro atoms. The third kappa shape index (κ3) is 6.76. The number of halogens is 2. The van der Waals surface area contributed by atoms with E-state index in [0.717, 1.165) is 29.7 Å². The monoisotopic (exact) mass is 579 g/mol. The second kappa shape index (κ2) is 13.0. The lowest BCUT2D eigenvalue weighted by molar-refractivity contribution is 0.0366. The highest BCUT2D eigenvalue weighted by atomic mass is 35.5. The summed E-state index contributed by atoms with van der Waals surface area (Å²) in [5.74, 6) is -0.527. The Balaban J connectivity index is 1.04. The molecule has 0 aromatic heterocycles. The summed E-state index contributed by atoms with van der Waals surface area (Å²) in [5.41, 5.74) is 5.98. The van der Waals surface area contributed by atoms with Crippen molar-refractivity contribution in [2.45, 2.75) is 38.1 Å². The zero-order valence-electron chi connectivity index (χ0n) is 22.5. The lowest BCUT2D eigenvalue weighted by atomic mass is 10.0. The van der Waals surface area contributed by atoms with E-state index in [9.17, 15) is 14.0 Å². The van der Waals surface area contributed by atoms with Gasteiger partial charge in [-0.2, -0.15) is 0 Å². The number of urea groups is 2. The van der Waals surface area contributed by atoms with Crippen LogP contribution < -0.4 is 16.1 Å². The first-order chi connectivity index (χ1) is 19.9. The minimum atomic E-state index is -0.527. The van der Waals surface area contributed by atoms with Crippen molar-refractivity contribution in [3.05, 3.63) is 100 Å². The highest BCUT2D eigenvalue weighted by molar-refractivity contribution is 6.31. The number of fused-ring (bicyclic) bond motifs is 2. The van der Waals surface area contributed by atoms with Gasteiger partial charge in [0.05, 0.1) is 23.9 Å². The molecule has 3 aliphatic heterocycles. The van der Waals surface area contributed by atoms with Gasteiger partial charge in [-0.1, -0.05) is 48.0 Å². The first kappa shape index (κ1) is 28.3. The molecule has 0 radical (unpaired) electrons.